The Bertz CT molecular complexity index is 333. The monoisotopic (exact) mass is 205 g/mol. The van der Waals surface area contributed by atoms with E-state index >= 15 is 0 Å². The standard InChI is InChI=1S/C12H15NO2/c14-11-13-6-12(15-11)9-2-7-1-8(4-9)5-10(12)3-7/h6-10H,1-5H2. The van der Waals surface area contributed by atoms with Crippen molar-refractivity contribution in [2.24, 2.45) is 28.7 Å². The molecule has 0 atom stereocenters. The molecule has 1 spiro atoms. The summed E-state index contributed by atoms with van der Waals surface area (Å²) >= 11 is 0. The van der Waals surface area contributed by atoms with Crippen LogP contribution in [0.25, 0.3) is 0 Å². The number of amides is 1. The minimum absolute atomic E-state index is 0.273. The molecule has 4 fully saturated rings. The van der Waals surface area contributed by atoms with Gasteiger partial charge >= 0.3 is 6.09 Å². The Kier molecular flexibility index (Phi) is 1.35. The van der Waals surface area contributed by atoms with Crippen LogP contribution in [0.3, 0.4) is 0 Å². The Morgan fingerprint density at radius 2 is 1.73 bits per heavy atom. The fraction of sp³-hybridized carbons (Fsp3) is 0.833. The van der Waals surface area contributed by atoms with Gasteiger partial charge in [-0.1, -0.05) is 0 Å². The van der Waals surface area contributed by atoms with Crippen molar-refractivity contribution in [1.82, 2.24) is 0 Å². The summed E-state index contributed by atoms with van der Waals surface area (Å²) in [6.07, 6.45) is 7.93. The molecule has 4 saturated carbocycles. The maximum Gasteiger partial charge on any atom is 0.434 e. The van der Waals surface area contributed by atoms with Crippen LogP contribution in [0.1, 0.15) is 32.1 Å². The summed E-state index contributed by atoms with van der Waals surface area (Å²) < 4.78 is 5.56. The molecule has 0 saturated heterocycles. The molecule has 4 aliphatic carbocycles. The van der Waals surface area contributed by atoms with E-state index in [1.807, 2.05) is 6.21 Å². The second kappa shape index (κ2) is 2.45. The summed E-state index contributed by atoms with van der Waals surface area (Å²) in [5, 5.41) is 0. The van der Waals surface area contributed by atoms with E-state index in [9.17, 15) is 4.79 Å². The Morgan fingerprint density at radius 3 is 2.20 bits per heavy atom. The molecule has 0 N–H and O–H groups in total. The van der Waals surface area contributed by atoms with Crippen LogP contribution < -0.4 is 0 Å². The summed E-state index contributed by atoms with van der Waals surface area (Å²) in [5.41, 5.74) is -0.273. The smallest absolute Gasteiger partial charge is 0.434 e. The van der Waals surface area contributed by atoms with Crippen LogP contribution in [0.4, 0.5) is 4.79 Å². The molecular formula is C12H15NO2. The van der Waals surface area contributed by atoms with E-state index < -0.39 is 0 Å². The molecule has 4 bridgehead atoms. The van der Waals surface area contributed by atoms with Crippen LogP contribution in [-0.4, -0.2) is 17.9 Å². The molecule has 3 heteroatoms. The van der Waals surface area contributed by atoms with Gasteiger partial charge in [0.2, 0.25) is 0 Å². The number of aliphatic imine (C=N–C) groups is 1. The topological polar surface area (TPSA) is 38.7 Å². The average molecular weight is 205 g/mol. The van der Waals surface area contributed by atoms with Crippen molar-refractivity contribution in [3.63, 3.8) is 0 Å². The van der Waals surface area contributed by atoms with Crippen molar-refractivity contribution >= 4 is 12.3 Å². The molecule has 0 aromatic heterocycles. The molecule has 0 radical (unpaired) electrons. The normalized spacial score (nSPS) is 55.3. The average Bonchev–Trinajstić information content (AvgIpc) is 2.57. The third kappa shape index (κ3) is 0.918. The number of rotatable bonds is 0. The summed E-state index contributed by atoms with van der Waals surface area (Å²) in [7, 11) is 0. The molecule has 0 aromatic rings. The van der Waals surface area contributed by atoms with E-state index in [1.54, 1.807) is 0 Å². The van der Waals surface area contributed by atoms with Crippen LogP contribution in [-0.2, 0) is 4.74 Å². The first-order valence-corrected chi connectivity index (χ1v) is 6.04. The molecule has 5 rings (SSSR count). The lowest BCUT2D eigenvalue weighted by Crippen LogP contribution is -2.58. The van der Waals surface area contributed by atoms with Gasteiger partial charge in [0.15, 0.2) is 5.60 Å². The molecule has 80 valence electrons. The first kappa shape index (κ1) is 8.31. The summed E-state index contributed by atoms with van der Waals surface area (Å²) in [5.74, 6) is 2.96. The summed E-state index contributed by atoms with van der Waals surface area (Å²) in [4.78, 5) is 15.1. The first-order valence-electron chi connectivity index (χ1n) is 6.04. The summed E-state index contributed by atoms with van der Waals surface area (Å²) in [6, 6.07) is 0. The molecule has 15 heavy (non-hydrogen) atoms. The van der Waals surface area contributed by atoms with Crippen molar-refractivity contribution in [2.75, 3.05) is 0 Å². The minimum atomic E-state index is -0.359. The molecule has 1 heterocycles. The van der Waals surface area contributed by atoms with E-state index in [4.69, 9.17) is 4.74 Å². The number of hydrogen-bond donors (Lipinski definition) is 0. The predicted molar refractivity (Wildman–Crippen MR) is 54.7 cm³/mol. The van der Waals surface area contributed by atoms with E-state index in [-0.39, 0.29) is 11.7 Å². The number of ether oxygens (including phenoxy) is 1. The van der Waals surface area contributed by atoms with E-state index in [0.29, 0.717) is 11.8 Å². The Balaban J connectivity index is 1.76. The van der Waals surface area contributed by atoms with Crippen LogP contribution in [0.15, 0.2) is 4.99 Å². The largest absolute Gasteiger partial charge is 0.435 e. The lowest BCUT2D eigenvalue weighted by atomic mass is 9.50. The van der Waals surface area contributed by atoms with Gasteiger partial charge in [-0.25, -0.2) is 4.79 Å². The van der Waals surface area contributed by atoms with Gasteiger partial charge in [-0.05, 0) is 43.9 Å². The zero-order chi connectivity index (χ0) is 10.0. The van der Waals surface area contributed by atoms with Crippen molar-refractivity contribution in [3.8, 4) is 0 Å². The van der Waals surface area contributed by atoms with Crippen LogP contribution in [0.2, 0.25) is 0 Å². The zero-order valence-electron chi connectivity index (χ0n) is 8.69. The van der Waals surface area contributed by atoms with Crippen molar-refractivity contribution in [3.05, 3.63) is 0 Å². The number of nitrogens with zero attached hydrogens (tertiary/aromatic N) is 1. The third-order valence-corrected chi connectivity index (χ3v) is 5.05. The fourth-order valence-corrected chi connectivity index (χ4v) is 4.66. The quantitative estimate of drug-likeness (QED) is 0.609. The second-order valence-electron chi connectivity index (χ2n) is 5.78. The highest BCUT2D eigenvalue weighted by Crippen LogP contribution is 2.59. The predicted octanol–water partition coefficient (Wildman–Crippen LogP) is 2.40. The van der Waals surface area contributed by atoms with Gasteiger partial charge in [-0.15, -0.1) is 0 Å². The molecule has 0 aromatic carbocycles. The number of carbonyl (C=O) groups excluding carboxylic acids is 1. The fourth-order valence-electron chi connectivity index (χ4n) is 4.66. The zero-order valence-corrected chi connectivity index (χ0v) is 8.69. The number of carbonyl (C=O) groups is 1. The van der Waals surface area contributed by atoms with Crippen molar-refractivity contribution in [2.45, 2.75) is 37.7 Å². The molecule has 1 aliphatic heterocycles. The number of hydrogen-bond acceptors (Lipinski definition) is 2. The van der Waals surface area contributed by atoms with Gasteiger partial charge < -0.3 is 4.74 Å². The molecule has 3 nitrogen and oxygen atoms in total. The maximum absolute atomic E-state index is 11.2. The van der Waals surface area contributed by atoms with Crippen molar-refractivity contribution in [1.29, 1.82) is 0 Å². The van der Waals surface area contributed by atoms with Crippen LogP contribution in [0.5, 0.6) is 0 Å². The third-order valence-electron chi connectivity index (χ3n) is 5.05. The Morgan fingerprint density at radius 1 is 1.13 bits per heavy atom. The molecule has 5 aliphatic rings. The molecular weight excluding hydrogens is 190 g/mol. The second-order valence-corrected chi connectivity index (χ2v) is 5.78. The van der Waals surface area contributed by atoms with Gasteiger partial charge in [-0.2, -0.15) is 4.99 Å². The van der Waals surface area contributed by atoms with Crippen LogP contribution >= 0.6 is 0 Å². The Hall–Kier alpha value is -0.860. The highest BCUT2D eigenvalue weighted by molar-refractivity contribution is 5.91. The van der Waals surface area contributed by atoms with Gasteiger partial charge in [0.25, 0.3) is 0 Å². The van der Waals surface area contributed by atoms with Crippen molar-refractivity contribution < 1.29 is 9.53 Å². The summed E-state index contributed by atoms with van der Waals surface area (Å²) in [6.45, 7) is 0. The van der Waals surface area contributed by atoms with Gasteiger partial charge in [0.05, 0.1) is 6.21 Å². The molecule has 0 unspecified atom stereocenters. The maximum atomic E-state index is 11.2. The van der Waals surface area contributed by atoms with Crippen LogP contribution in [0, 0.1) is 23.7 Å². The van der Waals surface area contributed by atoms with Gasteiger partial charge in [0, 0.05) is 11.8 Å². The Labute approximate surface area is 88.9 Å². The SMILES string of the molecule is O=C1N=CC2(O1)C1CC3CC(C1)CC2C3. The lowest BCUT2D eigenvalue weighted by Gasteiger charge is -2.57. The first-order chi connectivity index (χ1) is 7.26. The van der Waals surface area contributed by atoms with E-state index in [1.165, 1.54) is 32.1 Å². The highest BCUT2D eigenvalue weighted by atomic mass is 16.6. The lowest BCUT2D eigenvalue weighted by molar-refractivity contribution is -0.122. The van der Waals surface area contributed by atoms with E-state index in [2.05, 4.69) is 4.99 Å². The van der Waals surface area contributed by atoms with Gasteiger partial charge in [0.1, 0.15) is 0 Å². The molecule has 1 amide bonds. The highest BCUT2D eigenvalue weighted by Gasteiger charge is 2.60. The van der Waals surface area contributed by atoms with Gasteiger partial charge in [-0.3, -0.25) is 0 Å². The minimum Gasteiger partial charge on any atom is -0.435 e. The van der Waals surface area contributed by atoms with E-state index in [0.717, 1.165) is 11.8 Å².